The van der Waals surface area contributed by atoms with Gasteiger partial charge in [-0.25, -0.2) is 4.39 Å². The van der Waals surface area contributed by atoms with Crippen molar-refractivity contribution in [1.29, 1.82) is 0 Å². The number of hydrogen-bond acceptors (Lipinski definition) is 4. The minimum atomic E-state index is -0.194. The normalized spacial score (nSPS) is 17.5. The van der Waals surface area contributed by atoms with Crippen molar-refractivity contribution in [2.75, 3.05) is 47.4 Å². The first-order valence-corrected chi connectivity index (χ1v) is 10.4. The van der Waals surface area contributed by atoms with Crippen LogP contribution in [0.5, 0.6) is 11.5 Å². The number of hydrogen-bond donors (Lipinski definition) is 0. The molecule has 1 fully saturated rings. The number of benzene rings is 2. The maximum absolute atomic E-state index is 14.2. The van der Waals surface area contributed by atoms with E-state index in [0.29, 0.717) is 18.2 Å². The third-order valence-corrected chi connectivity index (χ3v) is 5.75. The van der Waals surface area contributed by atoms with Crippen LogP contribution >= 0.6 is 0 Å². The molecule has 158 valence electrons. The summed E-state index contributed by atoms with van der Waals surface area (Å²) in [6.07, 6.45) is 3.54. The van der Waals surface area contributed by atoms with Crippen LogP contribution in [-0.2, 0) is 13.0 Å². The Morgan fingerprint density at radius 2 is 1.79 bits per heavy atom. The van der Waals surface area contributed by atoms with Gasteiger partial charge in [-0.15, -0.1) is 0 Å². The van der Waals surface area contributed by atoms with Crippen molar-refractivity contribution in [3.8, 4) is 11.5 Å². The van der Waals surface area contributed by atoms with Gasteiger partial charge in [0.2, 0.25) is 0 Å². The van der Waals surface area contributed by atoms with Crippen molar-refractivity contribution < 1.29 is 13.9 Å². The third kappa shape index (κ3) is 6.44. The van der Waals surface area contributed by atoms with E-state index in [1.807, 2.05) is 24.3 Å². The van der Waals surface area contributed by atoms with Gasteiger partial charge >= 0.3 is 0 Å². The Morgan fingerprint density at radius 1 is 1.07 bits per heavy atom. The van der Waals surface area contributed by atoms with Crippen molar-refractivity contribution in [2.45, 2.75) is 25.8 Å². The second-order valence-electron chi connectivity index (χ2n) is 8.06. The highest BCUT2D eigenvalue weighted by Gasteiger charge is 2.21. The van der Waals surface area contributed by atoms with E-state index in [0.717, 1.165) is 37.4 Å². The van der Waals surface area contributed by atoms with Gasteiger partial charge in [-0.05, 0) is 62.5 Å². The SMILES string of the molecule is COc1ccc(CCN2CCC[C@H](CN(C)Cc3ccc(OC)cc3F)C2)cc1. The van der Waals surface area contributed by atoms with Gasteiger partial charge in [0, 0.05) is 37.8 Å². The maximum Gasteiger partial charge on any atom is 0.131 e. The molecule has 0 aliphatic carbocycles. The highest BCUT2D eigenvalue weighted by molar-refractivity contribution is 5.29. The standard InChI is InChI=1S/C24H33FN2O2/c1-26(18-21-8-11-23(29-3)15-24(21)25)16-20-5-4-13-27(17-20)14-12-19-6-9-22(28-2)10-7-19/h6-11,15,20H,4-5,12-14,16-18H2,1-3H3/t20-/m1/s1. The van der Waals surface area contributed by atoms with Gasteiger partial charge in [-0.1, -0.05) is 18.2 Å². The highest BCUT2D eigenvalue weighted by Crippen LogP contribution is 2.21. The van der Waals surface area contributed by atoms with E-state index in [4.69, 9.17) is 9.47 Å². The molecule has 29 heavy (non-hydrogen) atoms. The molecular formula is C24H33FN2O2. The predicted molar refractivity (Wildman–Crippen MR) is 115 cm³/mol. The number of methoxy groups -OCH3 is 2. The van der Waals surface area contributed by atoms with Crippen LogP contribution in [0.2, 0.25) is 0 Å². The number of halogens is 1. The molecule has 0 radical (unpaired) electrons. The Morgan fingerprint density at radius 3 is 2.48 bits per heavy atom. The lowest BCUT2D eigenvalue weighted by atomic mass is 9.97. The van der Waals surface area contributed by atoms with Crippen LogP contribution < -0.4 is 9.47 Å². The van der Waals surface area contributed by atoms with Gasteiger partial charge in [0.25, 0.3) is 0 Å². The number of piperidine rings is 1. The molecule has 1 atom stereocenters. The Balaban J connectivity index is 1.46. The van der Waals surface area contributed by atoms with Crippen molar-refractivity contribution in [2.24, 2.45) is 5.92 Å². The third-order valence-electron chi connectivity index (χ3n) is 5.75. The largest absolute Gasteiger partial charge is 0.497 e. The minimum absolute atomic E-state index is 0.194. The Bertz CT molecular complexity index is 766. The molecule has 1 aliphatic rings. The fourth-order valence-corrected chi connectivity index (χ4v) is 4.16. The van der Waals surface area contributed by atoms with Crippen molar-refractivity contribution >= 4 is 0 Å². The second kappa shape index (κ2) is 10.6. The summed E-state index contributed by atoms with van der Waals surface area (Å²) in [4.78, 5) is 4.81. The molecule has 0 bridgehead atoms. The molecule has 0 unspecified atom stereocenters. The predicted octanol–water partition coefficient (Wildman–Crippen LogP) is 4.23. The maximum atomic E-state index is 14.2. The van der Waals surface area contributed by atoms with Gasteiger partial charge in [0.1, 0.15) is 17.3 Å². The number of ether oxygens (including phenoxy) is 2. The van der Waals surface area contributed by atoms with Crippen LogP contribution in [0.15, 0.2) is 42.5 Å². The summed E-state index contributed by atoms with van der Waals surface area (Å²) >= 11 is 0. The van der Waals surface area contributed by atoms with E-state index < -0.39 is 0 Å². The first-order chi connectivity index (χ1) is 14.1. The lowest BCUT2D eigenvalue weighted by molar-refractivity contribution is 0.142. The van der Waals surface area contributed by atoms with Crippen LogP contribution in [0.4, 0.5) is 4.39 Å². The zero-order chi connectivity index (χ0) is 20.6. The van der Waals surface area contributed by atoms with Crippen LogP contribution in [0, 0.1) is 11.7 Å². The first kappa shape index (κ1) is 21.6. The lowest BCUT2D eigenvalue weighted by Gasteiger charge is -2.34. The lowest BCUT2D eigenvalue weighted by Crippen LogP contribution is -2.40. The van der Waals surface area contributed by atoms with Crippen LogP contribution in [0.25, 0.3) is 0 Å². The molecule has 0 N–H and O–H groups in total. The summed E-state index contributed by atoms with van der Waals surface area (Å²) in [6.45, 7) is 4.98. The van der Waals surface area contributed by atoms with E-state index in [-0.39, 0.29) is 5.82 Å². The smallest absolute Gasteiger partial charge is 0.131 e. The van der Waals surface area contributed by atoms with Crippen molar-refractivity contribution in [1.82, 2.24) is 9.80 Å². The molecule has 1 aliphatic heterocycles. The molecule has 2 aromatic rings. The fraction of sp³-hybridized carbons (Fsp3) is 0.500. The van der Waals surface area contributed by atoms with Gasteiger partial charge in [-0.3, -0.25) is 0 Å². The average molecular weight is 401 g/mol. The van der Waals surface area contributed by atoms with Gasteiger partial charge in [0.15, 0.2) is 0 Å². The van der Waals surface area contributed by atoms with Gasteiger partial charge in [0.05, 0.1) is 14.2 Å². The highest BCUT2D eigenvalue weighted by atomic mass is 19.1. The molecule has 0 aromatic heterocycles. The van der Waals surface area contributed by atoms with Gasteiger partial charge < -0.3 is 19.3 Å². The van der Waals surface area contributed by atoms with E-state index in [1.54, 1.807) is 14.2 Å². The molecule has 3 rings (SSSR count). The van der Waals surface area contributed by atoms with E-state index >= 15 is 0 Å². The summed E-state index contributed by atoms with van der Waals surface area (Å²) < 4.78 is 24.5. The summed E-state index contributed by atoms with van der Waals surface area (Å²) in [5.41, 5.74) is 2.07. The first-order valence-electron chi connectivity index (χ1n) is 10.4. The molecule has 0 spiro atoms. The van der Waals surface area contributed by atoms with Crippen molar-refractivity contribution in [3.63, 3.8) is 0 Å². The van der Waals surface area contributed by atoms with Crippen molar-refractivity contribution in [3.05, 3.63) is 59.4 Å². The Labute approximate surface area is 174 Å². The number of nitrogens with zero attached hydrogens (tertiary/aromatic N) is 2. The zero-order valence-electron chi connectivity index (χ0n) is 17.9. The minimum Gasteiger partial charge on any atom is -0.497 e. The van der Waals surface area contributed by atoms with E-state index in [1.165, 1.54) is 31.0 Å². The monoisotopic (exact) mass is 400 g/mol. The van der Waals surface area contributed by atoms with Crippen LogP contribution in [-0.4, -0.2) is 57.2 Å². The number of likely N-dealkylation sites (tertiary alicyclic amines) is 1. The molecular weight excluding hydrogens is 367 g/mol. The Hall–Kier alpha value is -2.11. The van der Waals surface area contributed by atoms with Gasteiger partial charge in [-0.2, -0.15) is 0 Å². The van der Waals surface area contributed by atoms with Crippen LogP contribution in [0.1, 0.15) is 24.0 Å². The van der Waals surface area contributed by atoms with Crippen LogP contribution in [0.3, 0.4) is 0 Å². The van der Waals surface area contributed by atoms with E-state index in [9.17, 15) is 4.39 Å². The summed E-state index contributed by atoms with van der Waals surface area (Å²) in [6, 6.07) is 13.5. The summed E-state index contributed by atoms with van der Waals surface area (Å²) in [7, 11) is 5.34. The Kier molecular flexibility index (Phi) is 7.90. The summed E-state index contributed by atoms with van der Waals surface area (Å²) in [5.74, 6) is 1.91. The topological polar surface area (TPSA) is 24.9 Å². The number of rotatable bonds is 9. The molecule has 2 aromatic carbocycles. The molecule has 0 saturated carbocycles. The molecule has 1 saturated heterocycles. The average Bonchev–Trinajstić information content (AvgIpc) is 2.74. The molecule has 1 heterocycles. The summed E-state index contributed by atoms with van der Waals surface area (Å²) in [5, 5.41) is 0. The molecule has 4 nitrogen and oxygen atoms in total. The second-order valence-corrected chi connectivity index (χ2v) is 8.06. The van der Waals surface area contributed by atoms with E-state index in [2.05, 4.69) is 29.0 Å². The zero-order valence-corrected chi connectivity index (χ0v) is 17.9. The molecule has 5 heteroatoms. The quantitative estimate of drug-likeness (QED) is 0.629. The molecule has 0 amide bonds. The fourth-order valence-electron chi connectivity index (χ4n) is 4.16.